The molecule has 29 heavy (non-hydrogen) atoms. The fourth-order valence-corrected chi connectivity index (χ4v) is 4.03. The number of amides is 2. The second-order valence-corrected chi connectivity index (χ2v) is 7.69. The van der Waals surface area contributed by atoms with Crippen LogP contribution in [0.3, 0.4) is 0 Å². The zero-order valence-corrected chi connectivity index (χ0v) is 16.1. The molecule has 3 N–H and O–H groups in total. The van der Waals surface area contributed by atoms with Crippen molar-refractivity contribution in [2.75, 3.05) is 25.0 Å². The van der Waals surface area contributed by atoms with E-state index in [4.69, 9.17) is 11.6 Å². The Labute approximate surface area is 170 Å². The molecule has 7 nitrogen and oxygen atoms in total. The summed E-state index contributed by atoms with van der Waals surface area (Å²) in [5.74, 6) is -0.388. The van der Waals surface area contributed by atoms with E-state index in [2.05, 4.69) is 5.32 Å². The summed E-state index contributed by atoms with van der Waals surface area (Å²) < 4.78 is 39.0. The molecule has 0 spiro atoms. The van der Waals surface area contributed by atoms with E-state index >= 15 is 0 Å². The summed E-state index contributed by atoms with van der Waals surface area (Å²) in [4.78, 5) is 26.8. The minimum atomic E-state index is -4.57. The number of hydrogen-bond acceptors (Lipinski definition) is 4. The summed E-state index contributed by atoms with van der Waals surface area (Å²) in [5.41, 5.74) is -0.853. The molecule has 1 aromatic rings. The van der Waals surface area contributed by atoms with Gasteiger partial charge in [-0.15, -0.1) is 0 Å². The maximum Gasteiger partial charge on any atom is 0.416 e. The van der Waals surface area contributed by atoms with Gasteiger partial charge in [0.25, 0.3) is 0 Å². The second kappa shape index (κ2) is 8.27. The molecule has 2 heterocycles. The van der Waals surface area contributed by atoms with Crippen LogP contribution in [0.15, 0.2) is 18.2 Å². The Kier molecular flexibility index (Phi) is 6.13. The fourth-order valence-electron chi connectivity index (χ4n) is 3.80. The molecular formula is C18H21ClF3N3O4. The van der Waals surface area contributed by atoms with Crippen LogP contribution in [0.2, 0.25) is 5.02 Å². The number of halogens is 4. The monoisotopic (exact) mass is 435 g/mol. The van der Waals surface area contributed by atoms with Gasteiger partial charge < -0.3 is 25.3 Å². The van der Waals surface area contributed by atoms with Gasteiger partial charge in [0.2, 0.25) is 5.91 Å². The van der Waals surface area contributed by atoms with E-state index in [1.54, 1.807) is 0 Å². The molecule has 2 aliphatic heterocycles. The highest BCUT2D eigenvalue weighted by molar-refractivity contribution is 6.31. The molecule has 3 rings (SSSR count). The molecule has 2 amide bonds. The van der Waals surface area contributed by atoms with Crippen molar-refractivity contribution in [3.05, 3.63) is 28.8 Å². The molecule has 1 aromatic carbocycles. The van der Waals surface area contributed by atoms with E-state index in [0.717, 1.165) is 17.0 Å². The molecule has 0 saturated carbocycles. The molecule has 0 radical (unpaired) electrons. The first kappa shape index (κ1) is 21.5. The number of piperidine rings is 2. The number of rotatable bonds is 3. The summed E-state index contributed by atoms with van der Waals surface area (Å²) in [6, 6.07) is 1.52. The summed E-state index contributed by atoms with van der Waals surface area (Å²) in [6.07, 6.45) is -5.39. The number of hydrogen-bond donors (Lipinski definition) is 3. The zero-order valence-electron chi connectivity index (χ0n) is 15.3. The van der Waals surface area contributed by atoms with Crippen LogP contribution < -0.4 is 5.32 Å². The van der Waals surface area contributed by atoms with Gasteiger partial charge in [-0.1, -0.05) is 11.6 Å². The lowest BCUT2D eigenvalue weighted by molar-refractivity contribution is -0.141. The van der Waals surface area contributed by atoms with Gasteiger partial charge in [0.15, 0.2) is 0 Å². The molecule has 2 fully saturated rings. The lowest BCUT2D eigenvalue weighted by Crippen LogP contribution is -2.61. The van der Waals surface area contributed by atoms with Crippen LogP contribution in [0, 0.1) is 0 Å². The number of carboxylic acid groups (broad SMARTS) is 1. The standard InChI is InChI=1S/C18H21ClF3N3O4/c19-11-6-10(18(20,21)22)7-12(8-11)23-13-2-1-4-25(16(13)27)14-9-24(17(28)29)5-3-15(14)26/h6-8,13-15,23,26H,1-5,9H2,(H,28,29). The Morgan fingerprint density at radius 1 is 1.21 bits per heavy atom. The van der Waals surface area contributed by atoms with E-state index in [-0.39, 0.29) is 36.1 Å². The third kappa shape index (κ3) is 4.87. The maximum absolute atomic E-state index is 13.0. The van der Waals surface area contributed by atoms with E-state index in [0.29, 0.717) is 19.4 Å². The van der Waals surface area contributed by atoms with Gasteiger partial charge >= 0.3 is 12.3 Å². The lowest BCUT2D eigenvalue weighted by Gasteiger charge is -2.44. The molecule has 0 aliphatic carbocycles. The minimum absolute atomic E-state index is 0.00958. The fraction of sp³-hybridized carbons (Fsp3) is 0.556. The summed E-state index contributed by atoms with van der Waals surface area (Å²) in [7, 11) is 0. The molecule has 0 bridgehead atoms. The Morgan fingerprint density at radius 3 is 2.59 bits per heavy atom. The van der Waals surface area contributed by atoms with Crippen molar-refractivity contribution in [1.82, 2.24) is 9.80 Å². The van der Waals surface area contributed by atoms with Crippen molar-refractivity contribution in [2.24, 2.45) is 0 Å². The Morgan fingerprint density at radius 2 is 1.93 bits per heavy atom. The average molecular weight is 436 g/mol. The van der Waals surface area contributed by atoms with Crippen molar-refractivity contribution in [2.45, 2.75) is 43.6 Å². The number of anilines is 1. The van der Waals surface area contributed by atoms with Crippen molar-refractivity contribution in [3.8, 4) is 0 Å². The molecule has 160 valence electrons. The van der Waals surface area contributed by atoms with E-state index in [1.807, 2.05) is 0 Å². The van der Waals surface area contributed by atoms with E-state index < -0.39 is 36.0 Å². The summed E-state index contributed by atoms with van der Waals surface area (Å²) in [6.45, 7) is 0.513. The second-order valence-electron chi connectivity index (χ2n) is 7.25. The quantitative estimate of drug-likeness (QED) is 0.679. The van der Waals surface area contributed by atoms with Crippen LogP contribution in [0.4, 0.5) is 23.7 Å². The van der Waals surface area contributed by atoms with Crippen LogP contribution >= 0.6 is 11.6 Å². The third-order valence-corrected chi connectivity index (χ3v) is 5.47. The van der Waals surface area contributed by atoms with Gasteiger partial charge in [0, 0.05) is 30.3 Å². The first-order valence-corrected chi connectivity index (χ1v) is 9.55. The number of nitrogens with zero attached hydrogens (tertiary/aromatic N) is 2. The molecule has 3 atom stereocenters. The van der Waals surface area contributed by atoms with Crippen LogP contribution in [0.25, 0.3) is 0 Å². The average Bonchev–Trinajstić information content (AvgIpc) is 2.63. The number of aliphatic hydroxyl groups excluding tert-OH is 1. The number of likely N-dealkylation sites (tertiary alicyclic amines) is 2. The molecule has 2 aliphatic rings. The first-order chi connectivity index (χ1) is 13.6. The highest BCUT2D eigenvalue weighted by atomic mass is 35.5. The number of nitrogens with one attached hydrogen (secondary N) is 1. The Bertz CT molecular complexity index is 792. The van der Waals surface area contributed by atoms with Crippen molar-refractivity contribution >= 4 is 29.3 Å². The van der Waals surface area contributed by atoms with Crippen molar-refractivity contribution in [3.63, 3.8) is 0 Å². The smallest absolute Gasteiger partial charge is 0.416 e. The number of benzene rings is 1. The van der Waals surface area contributed by atoms with Crippen molar-refractivity contribution in [1.29, 1.82) is 0 Å². The van der Waals surface area contributed by atoms with Crippen LogP contribution in [-0.4, -0.2) is 69.8 Å². The molecule has 2 saturated heterocycles. The zero-order chi connectivity index (χ0) is 21.3. The van der Waals surface area contributed by atoms with Crippen LogP contribution in [0.5, 0.6) is 0 Å². The van der Waals surface area contributed by atoms with Gasteiger partial charge in [-0.05, 0) is 37.5 Å². The first-order valence-electron chi connectivity index (χ1n) is 9.17. The maximum atomic E-state index is 13.0. The largest absolute Gasteiger partial charge is 0.465 e. The number of aliphatic hydroxyl groups is 1. The highest BCUT2D eigenvalue weighted by Gasteiger charge is 2.40. The van der Waals surface area contributed by atoms with E-state index in [9.17, 15) is 33.0 Å². The predicted octanol–water partition coefficient (Wildman–Crippen LogP) is 2.87. The number of carbonyl (C=O) groups excluding carboxylic acids is 1. The van der Waals surface area contributed by atoms with Crippen molar-refractivity contribution < 1.29 is 33.0 Å². The number of carbonyl (C=O) groups is 2. The molecule has 3 unspecified atom stereocenters. The predicted molar refractivity (Wildman–Crippen MR) is 98.8 cm³/mol. The van der Waals surface area contributed by atoms with Crippen LogP contribution in [0.1, 0.15) is 24.8 Å². The van der Waals surface area contributed by atoms with E-state index in [1.165, 1.54) is 11.0 Å². The third-order valence-electron chi connectivity index (χ3n) is 5.26. The van der Waals surface area contributed by atoms with Gasteiger partial charge in [-0.25, -0.2) is 4.79 Å². The summed E-state index contributed by atoms with van der Waals surface area (Å²) >= 11 is 5.80. The molecule has 0 aromatic heterocycles. The Hall–Kier alpha value is -2.20. The van der Waals surface area contributed by atoms with Gasteiger partial charge in [0.1, 0.15) is 6.04 Å². The van der Waals surface area contributed by atoms with Crippen LogP contribution in [-0.2, 0) is 11.0 Å². The topological polar surface area (TPSA) is 93.1 Å². The highest BCUT2D eigenvalue weighted by Crippen LogP contribution is 2.34. The van der Waals surface area contributed by atoms with Gasteiger partial charge in [-0.3, -0.25) is 4.79 Å². The molecule has 11 heteroatoms. The summed E-state index contributed by atoms with van der Waals surface area (Å²) in [5, 5.41) is 22.2. The Balaban J connectivity index is 1.76. The lowest BCUT2D eigenvalue weighted by atomic mass is 9.96. The van der Waals surface area contributed by atoms with Gasteiger partial charge in [-0.2, -0.15) is 13.2 Å². The normalized spacial score (nSPS) is 25.8. The SMILES string of the molecule is O=C(O)N1CCC(O)C(N2CCCC(Nc3cc(Cl)cc(C(F)(F)F)c3)C2=O)C1. The van der Waals surface area contributed by atoms with Gasteiger partial charge in [0.05, 0.1) is 17.7 Å². The number of alkyl halides is 3. The minimum Gasteiger partial charge on any atom is -0.465 e. The molecular weight excluding hydrogens is 415 g/mol.